The summed E-state index contributed by atoms with van der Waals surface area (Å²) in [5.74, 6) is -0.839. The minimum atomic E-state index is -3.63. The van der Waals surface area contributed by atoms with Crippen LogP contribution in [0, 0.1) is 12.8 Å². The number of hydrogen-bond donors (Lipinski definition) is 1. The van der Waals surface area contributed by atoms with E-state index in [0.717, 1.165) is 16.1 Å². The number of carbonyl (C=O) groups is 2. The van der Waals surface area contributed by atoms with Crippen molar-refractivity contribution in [1.29, 1.82) is 0 Å². The Balaban J connectivity index is 2.19. The van der Waals surface area contributed by atoms with Gasteiger partial charge in [-0.15, -0.1) is 0 Å². The van der Waals surface area contributed by atoms with Gasteiger partial charge in [-0.25, -0.2) is 8.42 Å². The van der Waals surface area contributed by atoms with E-state index < -0.39 is 16.1 Å². The molecule has 7 nitrogen and oxygen atoms in total. The van der Waals surface area contributed by atoms with Crippen LogP contribution in [0.4, 0.5) is 5.69 Å². The second-order valence-electron chi connectivity index (χ2n) is 6.57. The van der Waals surface area contributed by atoms with Gasteiger partial charge in [0.25, 0.3) is 0 Å². The lowest BCUT2D eigenvalue weighted by Gasteiger charge is -2.36. The van der Waals surface area contributed by atoms with Crippen LogP contribution < -0.4 is 10.0 Å². The molecule has 25 heavy (non-hydrogen) atoms. The van der Waals surface area contributed by atoms with E-state index in [2.05, 4.69) is 0 Å². The number of rotatable bonds is 5. The summed E-state index contributed by atoms with van der Waals surface area (Å²) in [6.07, 6.45) is 2.12. The van der Waals surface area contributed by atoms with Gasteiger partial charge in [-0.1, -0.05) is 17.7 Å². The zero-order valence-corrected chi connectivity index (χ0v) is 15.6. The highest BCUT2D eigenvalue weighted by atomic mass is 32.2. The Hall–Kier alpha value is -2.09. The summed E-state index contributed by atoms with van der Waals surface area (Å²) in [4.78, 5) is 25.7. The van der Waals surface area contributed by atoms with Gasteiger partial charge in [-0.2, -0.15) is 0 Å². The number of nitrogens with two attached hydrogens (primary N) is 1. The minimum Gasteiger partial charge on any atom is -0.369 e. The summed E-state index contributed by atoms with van der Waals surface area (Å²) in [6.45, 7) is 4.31. The zero-order chi connectivity index (χ0) is 18.8. The van der Waals surface area contributed by atoms with E-state index in [-0.39, 0.29) is 17.7 Å². The Kier molecular flexibility index (Phi) is 5.72. The third-order valence-corrected chi connectivity index (χ3v) is 5.81. The van der Waals surface area contributed by atoms with E-state index in [1.54, 1.807) is 24.0 Å². The first kappa shape index (κ1) is 19.2. The van der Waals surface area contributed by atoms with E-state index in [0.29, 0.717) is 31.6 Å². The van der Waals surface area contributed by atoms with Gasteiger partial charge in [0, 0.05) is 19.0 Å². The molecule has 1 aromatic carbocycles. The maximum atomic E-state index is 12.8. The summed E-state index contributed by atoms with van der Waals surface area (Å²) < 4.78 is 25.7. The van der Waals surface area contributed by atoms with Crippen molar-refractivity contribution in [3.8, 4) is 0 Å². The second-order valence-corrected chi connectivity index (χ2v) is 8.43. The molecule has 1 heterocycles. The van der Waals surface area contributed by atoms with Crippen molar-refractivity contribution < 1.29 is 18.0 Å². The molecule has 0 bridgehead atoms. The molecule has 2 rings (SSSR count). The molecule has 1 aromatic rings. The van der Waals surface area contributed by atoms with Crippen LogP contribution in [0.3, 0.4) is 0 Å². The number of primary amides is 1. The second kappa shape index (κ2) is 7.43. The number of hydrogen-bond acceptors (Lipinski definition) is 4. The molecule has 0 spiro atoms. The molecular weight excluding hydrogens is 342 g/mol. The number of likely N-dealkylation sites (tertiary alicyclic amines) is 1. The Morgan fingerprint density at radius 1 is 1.20 bits per heavy atom. The fraction of sp³-hybridized carbons (Fsp3) is 0.529. The van der Waals surface area contributed by atoms with Crippen LogP contribution in [0.25, 0.3) is 0 Å². The number of benzene rings is 1. The molecule has 2 N–H and O–H groups in total. The smallest absolute Gasteiger partial charge is 0.246 e. The van der Waals surface area contributed by atoms with E-state index in [1.165, 1.54) is 0 Å². The number of amides is 2. The highest BCUT2D eigenvalue weighted by Crippen LogP contribution is 2.24. The lowest BCUT2D eigenvalue weighted by molar-refractivity contribution is -0.135. The number of piperidine rings is 1. The first-order chi connectivity index (χ1) is 11.6. The molecular formula is C17H25N3O4S. The van der Waals surface area contributed by atoms with Crippen LogP contribution in [0.2, 0.25) is 0 Å². The molecule has 1 fully saturated rings. The number of carbonyl (C=O) groups excluding carboxylic acids is 2. The molecule has 0 saturated carbocycles. The standard InChI is InChI=1S/C17H25N3O4S/c1-12-4-6-15(7-5-12)20(25(3,23)24)13(2)17(22)19-10-8-14(9-11-19)16(18)21/h4-7,13-14H,8-11H2,1-3H3,(H2,18,21)/t13-/m1/s1. The van der Waals surface area contributed by atoms with Crippen molar-refractivity contribution in [1.82, 2.24) is 4.90 Å². The van der Waals surface area contributed by atoms with Crippen molar-refractivity contribution in [2.75, 3.05) is 23.7 Å². The van der Waals surface area contributed by atoms with Gasteiger partial charge in [0.1, 0.15) is 6.04 Å². The number of sulfonamides is 1. The van der Waals surface area contributed by atoms with Gasteiger partial charge in [-0.05, 0) is 38.8 Å². The van der Waals surface area contributed by atoms with E-state index in [1.807, 2.05) is 19.1 Å². The van der Waals surface area contributed by atoms with Crippen LogP contribution in [-0.2, 0) is 19.6 Å². The first-order valence-electron chi connectivity index (χ1n) is 8.25. The van der Waals surface area contributed by atoms with Crippen molar-refractivity contribution in [2.24, 2.45) is 11.7 Å². The zero-order valence-electron chi connectivity index (χ0n) is 14.8. The Morgan fingerprint density at radius 2 is 1.72 bits per heavy atom. The van der Waals surface area contributed by atoms with Crippen LogP contribution in [0.15, 0.2) is 24.3 Å². The van der Waals surface area contributed by atoms with E-state index in [4.69, 9.17) is 5.73 Å². The lowest BCUT2D eigenvalue weighted by atomic mass is 9.96. The summed E-state index contributed by atoms with van der Waals surface area (Å²) in [6, 6.07) is 6.15. The highest BCUT2D eigenvalue weighted by molar-refractivity contribution is 7.92. The summed E-state index contributed by atoms with van der Waals surface area (Å²) in [7, 11) is -3.63. The molecule has 8 heteroatoms. The van der Waals surface area contributed by atoms with Crippen LogP contribution in [0.1, 0.15) is 25.3 Å². The molecule has 1 aliphatic rings. The first-order valence-corrected chi connectivity index (χ1v) is 10.1. The molecule has 1 atom stereocenters. The normalized spacial score (nSPS) is 17.2. The summed E-state index contributed by atoms with van der Waals surface area (Å²) >= 11 is 0. The van der Waals surface area contributed by atoms with Gasteiger partial charge >= 0.3 is 0 Å². The maximum absolute atomic E-state index is 12.8. The number of anilines is 1. The Bertz CT molecular complexity index is 738. The van der Waals surface area contributed by atoms with Crippen molar-refractivity contribution in [3.05, 3.63) is 29.8 Å². The molecule has 0 aliphatic carbocycles. The van der Waals surface area contributed by atoms with Crippen molar-refractivity contribution >= 4 is 27.5 Å². The Morgan fingerprint density at radius 3 is 2.16 bits per heavy atom. The third kappa shape index (κ3) is 4.50. The van der Waals surface area contributed by atoms with Crippen LogP contribution in [0.5, 0.6) is 0 Å². The highest BCUT2D eigenvalue weighted by Gasteiger charge is 2.34. The average molecular weight is 367 g/mol. The van der Waals surface area contributed by atoms with Crippen molar-refractivity contribution in [2.45, 2.75) is 32.7 Å². The fourth-order valence-corrected chi connectivity index (χ4v) is 4.31. The molecule has 0 unspecified atom stereocenters. The number of nitrogens with zero attached hydrogens (tertiary/aromatic N) is 2. The predicted octanol–water partition coefficient (Wildman–Crippen LogP) is 0.873. The van der Waals surface area contributed by atoms with Gasteiger partial charge in [0.15, 0.2) is 0 Å². The largest absolute Gasteiger partial charge is 0.369 e. The minimum absolute atomic E-state index is 0.220. The van der Waals surface area contributed by atoms with Gasteiger partial charge in [0.05, 0.1) is 11.9 Å². The Labute approximate surface area is 148 Å². The lowest BCUT2D eigenvalue weighted by Crippen LogP contribution is -2.52. The van der Waals surface area contributed by atoms with E-state index >= 15 is 0 Å². The van der Waals surface area contributed by atoms with Crippen LogP contribution >= 0.6 is 0 Å². The predicted molar refractivity (Wildman–Crippen MR) is 96.5 cm³/mol. The number of aryl methyl sites for hydroxylation is 1. The maximum Gasteiger partial charge on any atom is 0.246 e. The van der Waals surface area contributed by atoms with Crippen molar-refractivity contribution in [3.63, 3.8) is 0 Å². The van der Waals surface area contributed by atoms with Gasteiger partial charge in [-0.3, -0.25) is 13.9 Å². The summed E-state index contributed by atoms with van der Waals surface area (Å²) in [5, 5.41) is 0. The van der Waals surface area contributed by atoms with Gasteiger partial charge in [0.2, 0.25) is 21.8 Å². The topological polar surface area (TPSA) is 101 Å². The average Bonchev–Trinajstić information content (AvgIpc) is 2.55. The fourth-order valence-electron chi connectivity index (χ4n) is 3.14. The summed E-state index contributed by atoms with van der Waals surface area (Å²) in [5.41, 5.74) is 6.78. The molecule has 1 saturated heterocycles. The molecule has 0 aromatic heterocycles. The van der Waals surface area contributed by atoms with E-state index in [9.17, 15) is 18.0 Å². The molecule has 138 valence electrons. The monoisotopic (exact) mass is 367 g/mol. The molecule has 1 aliphatic heterocycles. The molecule has 2 amide bonds. The molecule has 0 radical (unpaired) electrons. The third-order valence-electron chi connectivity index (χ3n) is 4.56. The SMILES string of the molecule is Cc1ccc(N([C@H](C)C(=O)N2CCC(C(N)=O)CC2)S(C)(=O)=O)cc1. The van der Waals surface area contributed by atoms with Gasteiger partial charge < -0.3 is 10.6 Å². The van der Waals surface area contributed by atoms with Crippen LogP contribution in [-0.4, -0.2) is 50.5 Å². The quantitative estimate of drug-likeness (QED) is 0.834.